The summed E-state index contributed by atoms with van der Waals surface area (Å²) >= 11 is 0. The minimum absolute atomic E-state index is 0.222. The molecule has 40 heavy (non-hydrogen) atoms. The number of anilines is 1. The summed E-state index contributed by atoms with van der Waals surface area (Å²) in [5.41, 5.74) is 6.98. The first-order chi connectivity index (χ1) is 19.2. The number of allylic oxidation sites excluding steroid dienone is 1. The molecule has 1 aliphatic carbocycles. The van der Waals surface area contributed by atoms with Crippen molar-refractivity contribution in [1.29, 1.82) is 10.8 Å². The van der Waals surface area contributed by atoms with Crippen LogP contribution in [0, 0.1) is 17.7 Å². The Hall–Kier alpha value is -4.20. The van der Waals surface area contributed by atoms with Crippen molar-refractivity contribution in [1.82, 2.24) is 14.5 Å². The van der Waals surface area contributed by atoms with Crippen LogP contribution in [-0.4, -0.2) is 46.6 Å². The Morgan fingerprint density at radius 3 is 2.50 bits per heavy atom. The van der Waals surface area contributed by atoms with E-state index in [0.29, 0.717) is 17.4 Å². The van der Waals surface area contributed by atoms with Gasteiger partial charge in [-0.3, -0.25) is 15.8 Å². The Bertz CT molecular complexity index is 1420. The molecule has 0 bridgehead atoms. The lowest BCUT2D eigenvalue weighted by molar-refractivity contribution is 0.358. The van der Waals surface area contributed by atoms with Crippen molar-refractivity contribution in [2.24, 2.45) is 4.99 Å². The van der Waals surface area contributed by atoms with E-state index in [-0.39, 0.29) is 5.84 Å². The number of nitrogens with zero attached hydrogens (tertiary/aromatic N) is 4. The second-order valence-electron chi connectivity index (χ2n) is 10.7. The van der Waals surface area contributed by atoms with Crippen molar-refractivity contribution in [2.45, 2.75) is 65.8 Å². The molecule has 0 radical (unpaired) electrons. The summed E-state index contributed by atoms with van der Waals surface area (Å²) < 4.78 is 8.09. The van der Waals surface area contributed by atoms with Gasteiger partial charge in [-0.15, -0.1) is 0 Å². The van der Waals surface area contributed by atoms with Crippen molar-refractivity contribution >= 4 is 35.6 Å². The van der Waals surface area contributed by atoms with Crippen molar-refractivity contribution in [3.05, 3.63) is 65.0 Å². The van der Waals surface area contributed by atoms with Crippen LogP contribution in [0.25, 0.3) is 17.3 Å². The fourth-order valence-corrected chi connectivity index (χ4v) is 5.21. The molecule has 0 atom stereocenters. The molecule has 3 aromatic rings. The molecule has 1 aromatic carbocycles. The molecule has 2 heterocycles. The maximum Gasteiger partial charge on any atom is 0.143 e. The summed E-state index contributed by atoms with van der Waals surface area (Å²) in [7, 11) is 3.29. The predicted octanol–water partition coefficient (Wildman–Crippen LogP) is 7.82. The second kappa shape index (κ2) is 12.8. The zero-order valence-corrected chi connectivity index (χ0v) is 24.5. The van der Waals surface area contributed by atoms with Crippen molar-refractivity contribution < 1.29 is 4.74 Å². The number of hydrogen-bond donors (Lipinski definition) is 3. The number of amidine groups is 2. The zero-order chi connectivity index (χ0) is 28.8. The molecule has 4 rings (SSSR count). The third kappa shape index (κ3) is 6.50. The van der Waals surface area contributed by atoms with E-state index < -0.39 is 0 Å². The molecular formula is C32H41N7O. The Morgan fingerprint density at radius 1 is 1.12 bits per heavy atom. The fourth-order valence-electron chi connectivity index (χ4n) is 5.21. The normalized spacial score (nSPS) is 14.0. The minimum Gasteiger partial charge on any atom is -0.495 e. The maximum absolute atomic E-state index is 8.32. The molecule has 0 saturated heterocycles. The topological polar surface area (TPSA) is 102 Å². The van der Waals surface area contributed by atoms with Gasteiger partial charge >= 0.3 is 0 Å². The summed E-state index contributed by atoms with van der Waals surface area (Å²) in [5.74, 6) is 2.51. The van der Waals surface area contributed by atoms with Gasteiger partial charge in [0.25, 0.3) is 0 Å². The molecule has 1 saturated carbocycles. The van der Waals surface area contributed by atoms with Gasteiger partial charge in [-0.25, -0.2) is 4.99 Å². The summed E-state index contributed by atoms with van der Waals surface area (Å²) in [6.45, 7) is 8.21. The number of ether oxygens (including phenoxy) is 1. The van der Waals surface area contributed by atoms with Crippen LogP contribution in [0.5, 0.6) is 5.75 Å². The number of aromatic nitrogens is 2. The van der Waals surface area contributed by atoms with E-state index in [2.05, 4.69) is 53.0 Å². The molecule has 8 nitrogen and oxygen atoms in total. The van der Waals surface area contributed by atoms with E-state index in [1.807, 2.05) is 32.2 Å². The number of hydrogen-bond acceptors (Lipinski definition) is 5. The van der Waals surface area contributed by atoms with E-state index in [1.54, 1.807) is 20.2 Å². The molecule has 0 unspecified atom stereocenters. The van der Waals surface area contributed by atoms with Crippen LogP contribution in [0.3, 0.4) is 0 Å². The lowest BCUT2D eigenvalue weighted by Gasteiger charge is -2.27. The smallest absolute Gasteiger partial charge is 0.143 e. The standard InChI is InChI=1S/C32H41N7O/c1-21(2)16-26-17-29(25-13-12-22(3)35-19-25)39(27-10-8-7-9-11-27)32(26)37-23(4)36-28-15-14-24(18-30(28)40-6)31(34)38(5)20-33/h12-20,27,33-34H,7-11H2,1-6H3,(H,36,37). The van der Waals surface area contributed by atoms with Crippen molar-refractivity contribution in [3.63, 3.8) is 0 Å². The van der Waals surface area contributed by atoms with Gasteiger partial charge in [-0.05, 0) is 76.9 Å². The highest BCUT2D eigenvalue weighted by atomic mass is 16.5. The monoisotopic (exact) mass is 539 g/mol. The number of nitrogens with one attached hydrogen (secondary N) is 3. The van der Waals surface area contributed by atoms with Crippen molar-refractivity contribution in [3.8, 4) is 17.0 Å². The Kier molecular flexibility index (Phi) is 9.19. The molecule has 210 valence electrons. The molecule has 3 N–H and O–H groups in total. The average molecular weight is 540 g/mol. The number of benzene rings is 1. The lowest BCUT2D eigenvalue weighted by atomic mass is 9.95. The highest BCUT2D eigenvalue weighted by Gasteiger charge is 2.24. The Morgan fingerprint density at radius 2 is 1.88 bits per heavy atom. The molecule has 1 fully saturated rings. The molecule has 1 aliphatic rings. The largest absolute Gasteiger partial charge is 0.495 e. The van der Waals surface area contributed by atoms with Gasteiger partial charge in [0.2, 0.25) is 0 Å². The van der Waals surface area contributed by atoms with Crippen LogP contribution in [0.4, 0.5) is 11.5 Å². The van der Waals surface area contributed by atoms with Crippen LogP contribution in [0.15, 0.2) is 53.2 Å². The zero-order valence-electron chi connectivity index (χ0n) is 24.5. The molecule has 0 spiro atoms. The number of aliphatic imine (C=N–C) groups is 1. The molecular weight excluding hydrogens is 498 g/mol. The van der Waals surface area contributed by atoms with Crippen LogP contribution in [0.2, 0.25) is 0 Å². The quantitative estimate of drug-likeness (QED) is 0.200. The highest BCUT2D eigenvalue weighted by molar-refractivity contribution is 6.03. The summed E-state index contributed by atoms with van der Waals surface area (Å²) in [6, 6.07) is 12.4. The molecule has 0 aliphatic heterocycles. The first-order valence-corrected chi connectivity index (χ1v) is 13.9. The minimum atomic E-state index is 0.222. The average Bonchev–Trinajstić information content (AvgIpc) is 3.29. The van der Waals surface area contributed by atoms with Gasteiger partial charge in [0.15, 0.2) is 0 Å². The van der Waals surface area contributed by atoms with Crippen LogP contribution >= 0.6 is 0 Å². The first kappa shape index (κ1) is 28.8. The van der Waals surface area contributed by atoms with Gasteiger partial charge in [-0.2, -0.15) is 0 Å². The maximum atomic E-state index is 8.32. The van der Waals surface area contributed by atoms with E-state index in [4.69, 9.17) is 20.5 Å². The van der Waals surface area contributed by atoms with Gasteiger partial charge in [0.05, 0.1) is 24.8 Å². The van der Waals surface area contributed by atoms with Crippen LogP contribution in [0.1, 0.15) is 75.7 Å². The van der Waals surface area contributed by atoms with Gasteiger partial charge in [-0.1, -0.05) is 30.9 Å². The second-order valence-corrected chi connectivity index (χ2v) is 10.7. The summed E-state index contributed by atoms with van der Waals surface area (Å²) in [5, 5.41) is 19.2. The number of aryl methyl sites for hydroxylation is 1. The SMILES string of the molecule is COc1cc(C(=N)N(C)C=N)ccc1N/C(C)=N/c1c(C=C(C)C)cc(-c2ccc(C)nc2)n1C1CCCCC1. The Labute approximate surface area is 237 Å². The predicted molar refractivity (Wildman–Crippen MR) is 167 cm³/mol. The Balaban J connectivity index is 1.79. The van der Waals surface area contributed by atoms with Crippen LogP contribution < -0.4 is 10.1 Å². The van der Waals surface area contributed by atoms with E-state index in [0.717, 1.165) is 59.0 Å². The molecule has 8 heteroatoms. The molecule has 2 aromatic heterocycles. The number of pyridine rings is 1. The van der Waals surface area contributed by atoms with Gasteiger partial charge in [0.1, 0.15) is 23.2 Å². The third-order valence-corrected chi connectivity index (χ3v) is 7.24. The lowest BCUT2D eigenvalue weighted by Crippen LogP contribution is -2.24. The van der Waals surface area contributed by atoms with Crippen LogP contribution in [-0.2, 0) is 0 Å². The van der Waals surface area contributed by atoms with E-state index in [9.17, 15) is 0 Å². The number of rotatable bonds is 8. The van der Waals surface area contributed by atoms with E-state index >= 15 is 0 Å². The summed E-state index contributed by atoms with van der Waals surface area (Å²) in [4.78, 5) is 11.2. The number of methoxy groups -OCH3 is 1. The van der Waals surface area contributed by atoms with Gasteiger partial charge < -0.3 is 19.5 Å². The first-order valence-electron chi connectivity index (χ1n) is 13.9. The van der Waals surface area contributed by atoms with E-state index in [1.165, 1.54) is 29.7 Å². The summed E-state index contributed by atoms with van der Waals surface area (Å²) in [6.07, 6.45) is 11.3. The fraction of sp³-hybridized carbons (Fsp3) is 0.375. The van der Waals surface area contributed by atoms with Gasteiger partial charge in [0, 0.05) is 41.7 Å². The highest BCUT2D eigenvalue weighted by Crippen LogP contribution is 2.41. The van der Waals surface area contributed by atoms with Crippen molar-refractivity contribution in [2.75, 3.05) is 19.5 Å². The third-order valence-electron chi connectivity index (χ3n) is 7.24. The molecule has 0 amide bonds.